The standard InChI is InChI=1S/C11H16ClN3O/c12-10-7-13-8-11(15-10)16-6-4-9-3-1-2-5-14-9/h7-9,14H,1-6H2. The SMILES string of the molecule is Clc1cncc(OCCC2CCCCN2)n1. The first kappa shape index (κ1) is 11.6. The number of hydrogen-bond acceptors (Lipinski definition) is 4. The van der Waals surface area contributed by atoms with Crippen LogP contribution < -0.4 is 10.1 Å². The molecule has 0 spiro atoms. The van der Waals surface area contributed by atoms with Crippen LogP contribution in [0.2, 0.25) is 5.15 Å². The number of piperidine rings is 1. The summed E-state index contributed by atoms with van der Waals surface area (Å²) in [6.07, 6.45) is 7.93. The van der Waals surface area contributed by atoms with Gasteiger partial charge in [-0.15, -0.1) is 0 Å². The Bertz CT molecular complexity index is 329. The normalized spacial score (nSPS) is 20.7. The Labute approximate surface area is 100 Å². The van der Waals surface area contributed by atoms with Crippen LogP contribution in [0.1, 0.15) is 25.7 Å². The number of aromatic nitrogens is 2. The van der Waals surface area contributed by atoms with E-state index < -0.39 is 0 Å². The van der Waals surface area contributed by atoms with Crippen LogP contribution in [0.15, 0.2) is 12.4 Å². The number of nitrogens with zero attached hydrogens (tertiary/aromatic N) is 2. The van der Waals surface area contributed by atoms with Gasteiger partial charge in [0.15, 0.2) is 5.15 Å². The molecule has 1 aliphatic rings. The van der Waals surface area contributed by atoms with E-state index in [0.29, 0.717) is 23.7 Å². The van der Waals surface area contributed by atoms with E-state index in [-0.39, 0.29) is 0 Å². The molecule has 0 radical (unpaired) electrons. The average molecular weight is 242 g/mol. The highest BCUT2D eigenvalue weighted by Gasteiger charge is 2.12. The molecule has 1 aliphatic heterocycles. The molecule has 1 aromatic heterocycles. The maximum Gasteiger partial charge on any atom is 0.233 e. The number of rotatable bonds is 4. The Morgan fingerprint density at radius 3 is 3.12 bits per heavy atom. The summed E-state index contributed by atoms with van der Waals surface area (Å²) in [5, 5.41) is 3.84. The molecule has 1 saturated heterocycles. The van der Waals surface area contributed by atoms with Gasteiger partial charge in [0.1, 0.15) is 0 Å². The number of ether oxygens (including phenoxy) is 1. The average Bonchev–Trinajstić information content (AvgIpc) is 2.30. The van der Waals surface area contributed by atoms with Gasteiger partial charge in [0.2, 0.25) is 5.88 Å². The molecule has 5 heteroatoms. The van der Waals surface area contributed by atoms with Crippen LogP contribution in [0.4, 0.5) is 0 Å². The van der Waals surface area contributed by atoms with Gasteiger partial charge in [0.05, 0.1) is 19.0 Å². The van der Waals surface area contributed by atoms with Gasteiger partial charge < -0.3 is 10.1 Å². The predicted octanol–water partition coefficient (Wildman–Crippen LogP) is 2.04. The minimum atomic E-state index is 0.369. The molecule has 0 amide bonds. The Morgan fingerprint density at radius 2 is 2.38 bits per heavy atom. The van der Waals surface area contributed by atoms with Crippen LogP contribution in [0, 0.1) is 0 Å². The highest BCUT2D eigenvalue weighted by atomic mass is 35.5. The van der Waals surface area contributed by atoms with Crippen molar-refractivity contribution in [2.45, 2.75) is 31.7 Å². The zero-order valence-electron chi connectivity index (χ0n) is 9.16. The number of nitrogens with one attached hydrogen (secondary N) is 1. The molecule has 2 heterocycles. The first-order chi connectivity index (χ1) is 7.84. The summed E-state index contributed by atoms with van der Waals surface area (Å²) >= 11 is 5.71. The summed E-state index contributed by atoms with van der Waals surface area (Å²) in [6, 6.07) is 0.584. The minimum Gasteiger partial charge on any atom is -0.476 e. The van der Waals surface area contributed by atoms with Crippen molar-refractivity contribution in [2.75, 3.05) is 13.2 Å². The van der Waals surface area contributed by atoms with Gasteiger partial charge in [-0.3, -0.25) is 4.98 Å². The van der Waals surface area contributed by atoms with Crippen LogP contribution in [-0.4, -0.2) is 29.2 Å². The fourth-order valence-corrected chi connectivity index (χ4v) is 2.01. The molecule has 0 aliphatic carbocycles. The molecule has 1 unspecified atom stereocenters. The molecule has 16 heavy (non-hydrogen) atoms. The predicted molar refractivity (Wildman–Crippen MR) is 62.8 cm³/mol. The van der Waals surface area contributed by atoms with Crippen LogP contribution in [0.25, 0.3) is 0 Å². The van der Waals surface area contributed by atoms with E-state index in [4.69, 9.17) is 16.3 Å². The second-order valence-corrected chi connectivity index (χ2v) is 4.35. The van der Waals surface area contributed by atoms with Gasteiger partial charge in [-0.25, -0.2) is 0 Å². The van der Waals surface area contributed by atoms with Crippen molar-refractivity contribution in [3.63, 3.8) is 0 Å². The molecule has 1 aromatic rings. The number of halogens is 1. The summed E-state index contributed by atoms with van der Waals surface area (Å²) < 4.78 is 5.49. The van der Waals surface area contributed by atoms with E-state index in [1.807, 2.05) is 0 Å². The van der Waals surface area contributed by atoms with Crippen molar-refractivity contribution in [1.29, 1.82) is 0 Å². The van der Waals surface area contributed by atoms with Crippen molar-refractivity contribution >= 4 is 11.6 Å². The monoisotopic (exact) mass is 241 g/mol. The van der Waals surface area contributed by atoms with Crippen molar-refractivity contribution in [3.8, 4) is 5.88 Å². The lowest BCUT2D eigenvalue weighted by atomic mass is 10.0. The quantitative estimate of drug-likeness (QED) is 0.877. The molecule has 0 bridgehead atoms. The molecular formula is C11H16ClN3O. The third kappa shape index (κ3) is 3.61. The molecule has 2 rings (SSSR count). The fourth-order valence-electron chi connectivity index (χ4n) is 1.87. The lowest BCUT2D eigenvalue weighted by molar-refractivity contribution is 0.260. The molecule has 1 atom stereocenters. The largest absolute Gasteiger partial charge is 0.476 e. The summed E-state index contributed by atoms with van der Waals surface area (Å²) in [6.45, 7) is 1.79. The van der Waals surface area contributed by atoms with Crippen LogP contribution in [-0.2, 0) is 0 Å². The van der Waals surface area contributed by atoms with E-state index in [9.17, 15) is 0 Å². The van der Waals surface area contributed by atoms with E-state index in [1.54, 1.807) is 6.20 Å². The minimum absolute atomic E-state index is 0.369. The van der Waals surface area contributed by atoms with E-state index in [2.05, 4.69) is 15.3 Å². The third-order valence-corrected chi connectivity index (χ3v) is 2.89. The molecule has 0 aromatic carbocycles. The first-order valence-corrected chi connectivity index (χ1v) is 6.06. The van der Waals surface area contributed by atoms with Gasteiger partial charge >= 0.3 is 0 Å². The lowest BCUT2D eigenvalue weighted by Crippen LogP contribution is -2.35. The van der Waals surface area contributed by atoms with Crippen molar-refractivity contribution in [3.05, 3.63) is 17.5 Å². The second-order valence-electron chi connectivity index (χ2n) is 3.96. The molecular weight excluding hydrogens is 226 g/mol. The van der Waals surface area contributed by atoms with E-state index in [1.165, 1.54) is 25.5 Å². The maximum absolute atomic E-state index is 5.71. The van der Waals surface area contributed by atoms with Gasteiger partial charge in [0, 0.05) is 6.04 Å². The molecule has 1 fully saturated rings. The Balaban J connectivity index is 1.71. The van der Waals surface area contributed by atoms with Crippen LogP contribution >= 0.6 is 11.6 Å². The summed E-state index contributed by atoms with van der Waals surface area (Å²) in [5.74, 6) is 0.503. The van der Waals surface area contributed by atoms with Crippen molar-refractivity contribution in [1.82, 2.24) is 15.3 Å². The summed E-state index contributed by atoms with van der Waals surface area (Å²) in [7, 11) is 0. The molecule has 0 saturated carbocycles. The summed E-state index contributed by atoms with van der Waals surface area (Å²) in [4.78, 5) is 7.93. The molecule has 1 N–H and O–H groups in total. The van der Waals surface area contributed by atoms with Crippen LogP contribution in [0.5, 0.6) is 5.88 Å². The summed E-state index contributed by atoms with van der Waals surface area (Å²) in [5.41, 5.74) is 0. The lowest BCUT2D eigenvalue weighted by Gasteiger charge is -2.23. The Morgan fingerprint density at radius 1 is 1.44 bits per heavy atom. The Kier molecular flexibility index (Phi) is 4.36. The van der Waals surface area contributed by atoms with Gasteiger partial charge in [-0.1, -0.05) is 18.0 Å². The van der Waals surface area contributed by atoms with Gasteiger partial charge in [-0.05, 0) is 25.8 Å². The first-order valence-electron chi connectivity index (χ1n) is 5.68. The Hall–Kier alpha value is -0.870. The van der Waals surface area contributed by atoms with E-state index >= 15 is 0 Å². The van der Waals surface area contributed by atoms with Gasteiger partial charge in [0.25, 0.3) is 0 Å². The fraction of sp³-hybridized carbons (Fsp3) is 0.636. The molecule has 4 nitrogen and oxygen atoms in total. The molecule has 88 valence electrons. The second kappa shape index (κ2) is 6.01. The van der Waals surface area contributed by atoms with Crippen LogP contribution in [0.3, 0.4) is 0 Å². The van der Waals surface area contributed by atoms with E-state index in [0.717, 1.165) is 13.0 Å². The van der Waals surface area contributed by atoms with Crippen molar-refractivity contribution in [2.24, 2.45) is 0 Å². The topological polar surface area (TPSA) is 47.0 Å². The zero-order chi connectivity index (χ0) is 11.2. The van der Waals surface area contributed by atoms with Crippen molar-refractivity contribution < 1.29 is 4.74 Å². The highest BCUT2D eigenvalue weighted by Crippen LogP contribution is 2.12. The third-order valence-electron chi connectivity index (χ3n) is 2.71. The smallest absolute Gasteiger partial charge is 0.233 e. The van der Waals surface area contributed by atoms with Gasteiger partial charge in [-0.2, -0.15) is 4.98 Å². The maximum atomic E-state index is 5.71. The highest BCUT2D eigenvalue weighted by molar-refractivity contribution is 6.29. The zero-order valence-corrected chi connectivity index (χ0v) is 9.91. The number of hydrogen-bond donors (Lipinski definition) is 1.